The van der Waals surface area contributed by atoms with Gasteiger partial charge in [0, 0.05) is 30.8 Å². The number of likely N-dealkylation sites (tertiary alicyclic amines) is 1. The van der Waals surface area contributed by atoms with E-state index in [1.165, 1.54) is 12.3 Å². The molecule has 1 aromatic carbocycles. The van der Waals surface area contributed by atoms with Crippen molar-refractivity contribution in [2.45, 2.75) is 38.0 Å². The van der Waals surface area contributed by atoms with Gasteiger partial charge in [0.2, 0.25) is 15.0 Å². The monoisotopic (exact) mass is 393 g/mol. The topological polar surface area (TPSA) is 72.3 Å². The first-order valence-electron chi connectivity index (χ1n) is 8.96. The van der Waals surface area contributed by atoms with Crippen molar-refractivity contribution in [3.05, 3.63) is 47.5 Å². The summed E-state index contributed by atoms with van der Waals surface area (Å²) >= 11 is 0. The molecule has 1 fully saturated rings. The third-order valence-electron chi connectivity index (χ3n) is 4.99. The molecule has 1 aromatic heterocycles. The molecule has 27 heavy (non-hydrogen) atoms. The largest absolute Gasteiger partial charge is 0.313 e. The van der Waals surface area contributed by atoms with E-state index in [1.807, 2.05) is 0 Å². The Labute approximate surface area is 158 Å². The number of piperidine rings is 1. The second kappa shape index (κ2) is 7.90. The lowest BCUT2D eigenvalue weighted by Gasteiger charge is -2.31. The summed E-state index contributed by atoms with van der Waals surface area (Å²) in [5.74, 6) is -0.196. The van der Waals surface area contributed by atoms with Gasteiger partial charge in [0.05, 0.1) is 18.4 Å². The predicted molar refractivity (Wildman–Crippen MR) is 99.5 cm³/mol. The Hall–Kier alpha value is -2.06. The number of imidazole rings is 1. The smallest absolute Gasteiger partial charge is 0.227 e. The van der Waals surface area contributed by atoms with Gasteiger partial charge < -0.3 is 4.57 Å². The van der Waals surface area contributed by atoms with Crippen LogP contribution in [0, 0.1) is 11.7 Å². The SMILES string of the molecule is CC(=O)[C@H]1CCCN(Cc2cnc(S(C)(=O)=O)n2Cc2ccccc2F)C1. The molecule has 1 atom stereocenters. The van der Waals surface area contributed by atoms with E-state index in [9.17, 15) is 17.6 Å². The lowest BCUT2D eigenvalue weighted by atomic mass is 9.94. The number of Topliss-reactive ketones (excluding diaryl/α,β-unsaturated/α-hetero) is 1. The maximum Gasteiger partial charge on any atom is 0.227 e. The van der Waals surface area contributed by atoms with Crippen molar-refractivity contribution in [2.24, 2.45) is 5.92 Å². The number of carbonyl (C=O) groups excluding carboxylic acids is 1. The van der Waals surface area contributed by atoms with Gasteiger partial charge in [-0.05, 0) is 32.4 Å². The van der Waals surface area contributed by atoms with Crippen molar-refractivity contribution in [1.29, 1.82) is 0 Å². The lowest BCUT2D eigenvalue weighted by Crippen LogP contribution is -2.38. The van der Waals surface area contributed by atoms with Crippen molar-refractivity contribution in [3.8, 4) is 0 Å². The van der Waals surface area contributed by atoms with Crippen LogP contribution in [-0.4, -0.2) is 48.0 Å². The highest BCUT2D eigenvalue weighted by Gasteiger charge is 2.26. The first-order chi connectivity index (χ1) is 12.8. The maximum atomic E-state index is 14.1. The van der Waals surface area contributed by atoms with Crippen molar-refractivity contribution in [2.75, 3.05) is 19.3 Å². The van der Waals surface area contributed by atoms with Crippen LogP contribution in [0.4, 0.5) is 4.39 Å². The van der Waals surface area contributed by atoms with Gasteiger partial charge in [-0.15, -0.1) is 0 Å². The minimum atomic E-state index is -3.55. The zero-order chi connectivity index (χ0) is 19.6. The Morgan fingerprint density at radius 3 is 2.70 bits per heavy atom. The standard InChI is InChI=1S/C19H24FN3O3S/c1-14(24)15-7-5-9-22(11-15)13-17-10-21-19(27(2,25)26)23(17)12-16-6-3-4-8-18(16)20/h3-4,6,8,10,15H,5,7,9,11-13H2,1-2H3/t15-/m0/s1. The van der Waals surface area contributed by atoms with Crippen molar-refractivity contribution < 1.29 is 17.6 Å². The summed E-state index contributed by atoms with van der Waals surface area (Å²) in [6.07, 6.45) is 4.44. The number of benzene rings is 1. The fraction of sp³-hybridized carbons (Fsp3) is 0.474. The Morgan fingerprint density at radius 2 is 2.04 bits per heavy atom. The molecule has 0 spiro atoms. The van der Waals surface area contributed by atoms with E-state index in [-0.39, 0.29) is 29.2 Å². The van der Waals surface area contributed by atoms with E-state index < -0.39 is 9.84 Å². The van der Waals surface area contributed by atoms with Gasteiger partial charge in [0.15, 0.2) is 0 Å². The maximum absolute atomic E-state index is 14.1. The molecule has 0 radical (unpaired) electrons. The highest BCUT2D eigenvalue weighted by Crippen LogP contribution is 2.22. The fourth-order valence-electron chi connectivity index (χ4n) is 3.54. The Bertz CT molecular complexity index is 939. The first kappa shape index (κ1) is 19.7. The summed E-state index contributed by atoms with van der Waals surface area (Å²) in [5, 5.41) is -0.0686. The Kier molecular flexibility index (Phi) is 5.76. The first-order valence-corrected chi connectivity index (χ1v) is 10.9. The zero-order valence-corrected chi connectivity index (χ0v) is 16.4. The molecule has 3 rings (SSSR count). The zero-order valence-electron chi connectivity index (χ0n) is 15.6. The second-order valence-corrected chi connectivity index (χ2v) is 9.08. The van der Waals surface area contributed by atoms with E-state index in [2.05, 4.69) is 9.88 Å². The molecule has 2 heterocycles. The highest BCUT2D eigenvalue weighted by atomic mass is 32.2. The second-order valence-electron chi connectivity index (χ2n) is 7.17. The van der Waals surface area contributed by atoms with Crippen molar-refractivity contribution >= 4 is 15.6 Å². The predicted octanol–water partition coefficient (Wildman–Crippen LogP) is 2.28. The van der Waals surface area contributed by atoms with Crippen LogP contribution in [-0.2, 0) is 27.7 Å². The number of halogens is 1. The third kappa shape index (κ3) is 4.62. The molecule has 0 unspecified atom stereocenters. The fourth-order valence-corrected chi connectivity index (χ4v) is 4.37. The number of hydrogen-bond donors (Lipinski definition) is 0. The normalized spacial score (nSPS) is 18.6. The lowest BCUT2D eigenvalue weighted by molar-refractivity contribution is -0.122. The quantitative estimate of drug-likeness (QED) is 0.753. The van der Waals surface area contributed by atoms with E-state index in [0.29, 0.717) is 24.3 Å². The van der Waals surface area contributed by atoms with E-state index in [0.717, 1.165) is 25.6 Å². The average Bonchev–Trinajstić information content (AvgIpc) is 3.00. The summed E-state index contributed by atoms with van der Waals surface area (Å²) in [5.41, 5.74) is 1.10. The molecular formula is C19H24FN3O3S. The molecule has 0 bridgehead atoms. The Balaban J connectivity index is 1.90. The molecule has 146 valence electrons. The van der Waals surface area contributed by atoms with Crippen molar-refractivity contribution in [1.82, 2.24) is 14.5 Å². The molecule has 0 N–H and O–H groups in total. The molecule has 1 aliphatic heterocycles. The number of ketones is 1. The highest BCUT2D eigenvalue weighted by molar-refractivity contribution is 7.90. The summed E-state index contributed by atoms with van der Waals surface area (Å²) in [7, 11) is -3.55. The van der Waals surface area contributed by atoms with Crippen molar-refractivity contribution in [3.63, 3.8) is 0 Å². The number of aromatic nitrogens is 2. The van der Waals surface area contributed by atoms with Crippen LogP contribution >= 0.6 is 0 Å². The Morgan fingerprint density at radius 1 is 1.30 bits per heavy atom. The summed E-state index contributed by atoms with van der Waals surface area (Å²) in [6, 6.07) is 6.31. The molecule has 1 saturated heterocycles. The third-order valence-corrected chi connectivity index (χ3v) is 5.97. The van der Waals surface area contributed by atoms with Gasteiger partial charge >= 0.3 is 0 Å². The van der Waals surface area contributed by atoms with Crippen LogP contribution in [0.3, 0.4) is 0 Å². The molecule has 6 nitrogen and oxygen atoms in total. The van der Waals surface area contributed by atoms with Gasteiger partial charge in [0.25, 0.3) is 0 Å². The van der Waals surface area contributed by atoms with Crippen LogP contribution in [0.2, 0.25) is 0 Å². The van der Waals surface area contributed by atoms with E-state index >= 15 is 0 Å². The molecule has 0 amide bonds. The molecule has 1 aliphatic rings. The molecule has 0 saturated carbocycles. The number of carbonyl (C=O) groups is 1. The number of hydrogen-bond acceptors (Lipinski definition) is 5. The van der Waals surface area contributed by atoms with Gasteiger partial charge in [0.1, 0.15) is 11.6 Å². The summed E-state index contributed by atoms with van der Waals surface area (Å²) < 4.78 is 40.0. The van der Waals surface area contributed by atoms with Crippen LogP contribution in [0.5, 0.6) is 0 Å². The van der Waals surface area contributed by atoms with Gasteiger partial charge in [-0.25, -0.2) is 17.8 Å². The van der Waals surface area contributed by atoms with Crippen LogP contribution in [0.25, 0.3) is 0 Å². The van der Waals surface area contributed by atoms with Gasteiger partial charge in [-0.1, -0.05) is 18.2 Å². The van der Waals surface area contributed by atoms with Crippen LogP contribution in [0.1, 0.15) is 31.0 Å². The van der Waals surface area contributed by atoms with E-state index in [4.69, 9.17) is 0 Å². The molecule has 0 aliphatic carbocycles. The minimum Gasteiger partial charge on any atom is -0.313 e. The molecule has 2 aromatic rings. The van der Waals surface area contributed by atoms with Gasteiger partial charge in [-0.3, -0.25) is 9.69 Å². The summed E-state index contributed by atoms with van der Waals surface area (Å²) in [6.45, 7) is 3.66. The van der Waals surface area contributed by atoms with Crippen LogP contribution < -0.4 is 0 Å². The molecule has 8 heteroatoms. The number of sulfone groups is 1. The van der Waals surface area contributed by atoms with E-state index in [1.54, 1.807) is 29.7 Å². The van der Waals surface area contributed by atoms with Crippen LogP contribution in [0.15, 0.2) is 35.6 Å². The van der Waals surface area contributed by atoms with Gasteiger partial charge in [-0.2, -0.15) is 0 Å². The number of rotatable bonds is 6. The number of nitrogens with zero attached hydrogens (tertiary/aromatic N) is 3. The average molecular weight is 393 g/mol. The minimum absolute atomic E-state index is 0.0102. The summed E-state index contributed by atoms with van der Waals surface area (Å²) in [4.78, 5) is 17.9. The molecular weight excluding hydrogens is 369 g/mol.